The van der Waals surface area contributed by atoms with E-state index in [9.17, 15) is 0 Å². The first-order valence-corrected chi connectivity index (χ1v) is 21.7. The zero-order valence-electron chi connectivity index (χ0n) is 37.9. The number of hydrogen-bond donors (Lipinski definition) is 0. The van der Waals surface area contributed by atoms with E-state index in [2.05, 4.69) is 225 Å². The summed E-state index contributed by atoms with van der Waals surface area (Å²) in [6.45, 7) is 17.8. The van der Waals surface area contributed by atoms with Crippen LogP contribution in [0.1, 0.15) is 63.8 Å². The number of ether oxygens (including phenoxy) is 1. The Labute approximate surface area is 393 Å². The van der Waals surface area contributed by atoms with Gasteiger partial charge < -0.3 is 4.74 Å². The van der Waals surface area contributed by atoms with E-state index < -0.39 is 0 Å². The van der Waals surface area contributed by atoms with E-state index in [4.69, 9.17) is 14.7 Å². The van der Waals surface area contributed by atoms with Crippen molar-refractivity contribution >= 4 is 11.0 Å². The van der Waals surface area contributed by atoms with Gasteiger partial charge in [0.05, 0.1) is 28.0 Å². The van der Waals surface area contributed by atoms with Crippen LogP contribution in [0.5, 0.6) is 5.75 Å². The molecule has 0 saturated carbocycles. The van der Waals surface area contributed by atoms with Gasteiger partial charge in [0, 0.05) is 17.5 Å². The second kappa shape index (κ2) is 17.7. The molecular weight excluding hydrogens is 962 g/mol. The molecule has 0 aliphatic heterocycles. The van der Waals surface area contributed by atoms with Gasteiger partial charge in [0.1, 0.15) is 5.82 Å². The Bertz CT molecular complexity index is 3120. The smallest absolute Gasteiger partial charge is 0.665 e. The average molecular weight is 1020 g/mol. The van der Waals surface area contributed by atoms with Crippen molar-refractivity contribution in [1.82, 2.24) is 14.5 Å². The van der Waals surface area contributed by atoms with Gasteiger partial charge in [0.25, 0.3) is 0 Å². The summed E-state index contributed by atoms with van der Waals surface area (Å²) in [5.74, 6) is 1.48. The number of benzene rings is 7. The van der Waals surface area contributed by atoms with Crippen LogP contribution in [0.3, 0.4) is 0 Å². The molecule has 0 N–H and O–H groups in total. The van der Waals surface area contributed by atoms with Crippen LogP contribution in [-0.4, -0.2) is 14.5 Å². The quantitative estimate of drug-likeness (QED) is 0.142. The van der Waals surface area contributed by atoms with Gasteiger partial charge in [0.2, 0.25) is 0 Å². The van der Waals surface area contributed by atoms with Crippen molar-refractivity contribution in [2.75, 3.05) is 0 Å². The molecule has 0 amide bonds. The maximum Gasteiger partial charge on any atom is 2.00 e. The van der Waals surface area contributed by atoms with Crippen molar-refractivity contribution in [3.8, 4) is 78.6 Å². The first kappa shape index (κ1) is 44.3. The summed E-state index contributed by atoms with van der Waals surface area (Å²) in [7, 11) is 3.95. The molecule has 320 valence electrons. The summed E-state index contributed by atoms with van der Waals surface area (Å²) in [6.07, 6.45) is 1.89. The Kier molecular flexibility index (Phi) is 12.2. The number of rotatable bonds is 8. The minimum absolute atomic E-state index is 0. The SMILES string of the molecule is [CH2-]Oc1c(C)cc(C)cc1-c1nc2c(-c3[c-]c(-c4cc(-c5ccccc5)ccn4)cc(-c4ccccc4)c3)cccc2n1-c1cc(C(C)(C)C)ccc1-c1ccc(C(C)(C)C)cc1.[Pt+2]. The van der Waals surface area contributed by atoms with Crippen LogP contribution in [-0.2, 0) is 31.9 Å². The van der Waals surface area contributed by atoms with Gasteiger partial charge in [-0.25, -0.2) is 4.98 Å². The van der Waals surface area contributed by atoms with Crippen molar-refractivity contribution in [2.45, 2.75) is 66.2 Å². The van der Waals surface area contributed by atoms with Crippen LogP contribution in [0, 0.1) is 27.0 Å². The number of aryl methyl sites for hydroxylation is 2. The Hall–Kier alpha value is -6.35. The second-order valence-electron chi connectivity index (χ2n) is 18.7. The topological polar surface area (TPSA) is 39.9 Å². The van der Waals surface area contributed by atoms with E-state index in [1.165, 1.54) is 11.1 Å². The molecule has 4 nitrogen and oxygen atoms in total. The van der Waals surface area contributed by atoms with Gasteiger partial charge in [-0.1, -0.05) is 180 Å². The van der Waals surface area contributed by atoms with Gasteiger partial charge >= 0.3 is 21.1 Å². The monoisotopic (exact) mass is 1010 g/mol. The van der Waals surface area contributed by atoms with Crippen molar-refractivity contribution < 1.29 is 25.8 Å². The number of imidazole rings is 1. The molecule has 2 aromatic heterocycles. The number of para-hydroxylation sites is 1. The third-order valence-electron chi connectivity index (χ3n) is 12.1. The van der Waals surface area contributed by atoms with Gasteiger partial charge in [0.15, 0.2) is 0 Å². The van der Waals surface area contributed by atoms with E-state index in [-0.39, 0.29) is 31.9 Å². The van der Waals surface area contributed by atoms with E-state index in [0.29, 0.717) is 5.75 Å². The zero-order chi connectivity index (χ0) is 44.0. The van der Waals surface area contributed by atoms with E-state index in [0.717, 1.165) is 95.0 Å². The number of aromatic nitrogens is 3. The number of fused-ring (bicyclic) bond motifs is 1. The van der Waals surface area contributed by atoms with Crippen molar-refractivity contribution in [2.24, 2.45) is 0 Å². The van der Waals surface area contributed by atoms with Crippen LogP contribution in [0.15, 0.2) is 164 Å². The summed E-state index contributed by atoms with van der Waals surface area (Å²) in [4.78, 5) is 10.6. The largest absolute Gasteiger partial charge is 2.00 e. The van der Waals surface area contributed by atoms with Crippen LogP contribution < -0.4 is 4.74 Å². The fourth-order valence-corrected chi connectivity index (χ4v) is 8.67. The molecule has 0 aliphatic carbocycles. The maximum absolute atomic E-state index is 5.98. The van der Waals surface area contributed by atoms with Gasteiger partial charge in [-0.15, -0.1) is 23.8 Å². The van der Waals surface area contributed by atoms with E-state index in [1.54, 1.807) is 0 Å². The van der Waals surface area contributed by atoms with Crippen LogP contribution >= 0.6 is 0 Å². The van der Waals surface area contributed by atoms with Crippen LogP contribution in [0.25, 0.3) is 83.9 Å². The summed E-state index contributed by atoms with van der Waals surface area (Å²) in [6, 6.07) is 60.2. The number of pyridine rings is 1. The first-order chi connectivity index (χ1) is 30.3. The third-order valence-corrected chi connectivity index (χ3v) is 12.1. The molecule has 2 heterocycles. The van der Waals surface area contributed by atoms with Crippen molar-refractivity contribution in [3.63, 3.8) is 0 Å². The molecule has 0 saturated heterocycles. The van der Waals surface area contributed by atoms with Crippen LogP contribution in [0.4, 0.5) is 0 Å². The minimum Gasteiger partial charge on any atom is -0.665 e. The van der Waals surface area contributed by atoms with Crippen LogP contribution in [0.2, 0.25) is 0 Å². The standard InChI is InChI=1S/C59H53N3O.Pt/c1-38-31-39(2)56(63-9)51(32-38)57-61-55-50(45-33-44(41-19-14-11-15-20-41)34-46(35-45)52-36-43(29-30-60-52)40-17-12-10-13-18-40)21-16-22-53(55)62(57)54-37-48(59(6,7)8)27-28-49(54)42-23-25-47(26-24-42)58(3,4)5;/h10-34,36-37H,9H2,1-8H3;/q-2;+2. The van der Waals surface area contributed by atoms with Gasteiger partial charge in [-0.3, -0.25) is 9.55 Å². The average Bonchev–Trinajstić information content (AvgIpc) is 3.68. The van der Waals surface area contributed by atoms with Gasteiger partial charge in [-0.2, -0.15) is 7.11 Å². The molecule has 9 rings (SSSR count). The molecule has 9 aromatic rings. The Morgan fingerprint density at radius 2 is 1.19 bits per heavy atom. The summed E-state index contributed by atoms with van der Waals surface area (Å²) < 4.78 is 8.32. The molecule has 0 bridgehead atoms. The summed E-state index contributed by atoms with van der Waals surface area (Å²) >= 11 is 0. The molecular formula is C59H53N3OPt. The van der Waals surface area contributed by atoms with Crippen molar-refractivity contribution in [1.29, 1.82) is 0 Å². The molecule has 64 heavy (non-hydrogen) atoms. The second-order valence-corrected chi connectivity index (χ2v) is 18.7. The fraction of sp³-hybridized carbons (Fsp3) is 0.169. The number of nitrogens with zero attached hydrogens (tertiary/aromatic N) is 3. The molecule has 0 aliphatic rings. The molecule has 0 unspecified atom stereocenters. The van der Waals surface area contributed by atoms with E-state index in [1.807, 2.05) is 12.3 Å². The van der Waals surface area contributed by atoms with Gasteiger partial charge in [-0.05, 0) is 93.5 Å². The minimum atomic E-state index is -0.109. The van der Waals surface area contributed by atoms with E-state index >= 15 is 0 Å². The molecule has 5 heteroatoms. The molecule has 7 aromatic carbocycles. The zero-order valence-corrected chi connectivity index (χ0v) is 40.1. The maximum atomic E-state index is 5.98. The molecule has 0 spiro atoms. The molecule has 0 radical (unpaired) electrons. The number of hydrogen-bond acceptors (Lipinski definition) is 3. The van der Waals surface area contributed by atoms with Crippen molar-refractivity contribution in [3.05, 3.63) is 199 Å². The fourth-order valence-electron chi connectivity index (χ4n) is 8.67. The third kappa shape index (κ3) is 8.65. The summed E-state index contributed by atoms with van der Waals surface area (Å²) in [5, 5.41) is 0. The molecule has 0 fully saturated rings. The predicted molar refractivity (Wildman–Crippen MR) is 263 cm³/mol. The Morgan fingerprint density at radius 1 is 0.547 bits per heavy atom. The Balaban J connectivity index is 0.00000560. The molecule has 0 atom stereocenters. The predicted octanol–water partition coefficient (Wildman–Crippen LogP) is 15.6. The summed E-state index contributed by atoms with van der Waals surface area (Å²) in [5.41, 5.74) is 18.6. The first-order valence-electron chi connectivity index (χ1n) is 21.7. The normalized spacial score (nSPS) is 11.7. The Morgan fingerprint density at radius 3 is 1.84 bits per heavy atom.